The van der Waals surface area contributed by atoms with E-state index in [4.69, 9.17) is 16.3 Å². The molecular weight excluding hydrogens is 340 g/mol. The highest BCUT2D eigenvalue weighted by atomic mass is 35.5. The molecular formula is C19H21ClN2O3. The third-order valence-corrected chi connectivity index (χ3v) is 3.86. The summed E-state index contributed by atoms with van der Waals surface area (Å²) in [5, 5.41) is 5.98. The monoisotopic (exact) mass is 360 g/mol. The van der Waals surface area contributed by atoms with Crippen LogP contribution >= 0.6 is 11.6 Å². The van der Waals surface area contributed by atoms with Gasteiger partial charge in [0.15, 0.2) is 0 Å². The SMILES string of the molecule is COc1ccc(Cl)cc1C(=O)NCCNC(=O)CCc1ccccc1. The molecule has 0 saturated heterocycles. The fraction of sp³-hybridized carbons (Fsp3) is 0.263. The molecule has 6 heteroatoms. The Morgan fingerprint density at radius 1 is 1.04 bits per heavy atom. The fourth-order valence-corrected chi connectivity index (χ4v) is 2.49. The van der Waals surface area contributed by atoms with E-state index in [0.717, 1.165) is 5.56 Å². The Balaban J connectivity index is 1.71. The van der Waals surface area contributed by atoms with Crippen LogP contribution in [0.2, 0.25) is 5.02 Å². The number of aryl methyl sites for hydroxylation is 1. The summed E-state index contributed by atoms with van der Waals surface area (Å²) < 4.78 is 5.15. The zero-order valence-corrected chi connectivity index (χ0v) is 14.8. The van der Waals surface area contributed by atoms with Crippen LogP contribution in [0.1, 0.15) is 22.3 Å². The van der Waals surface area contributed by atoms with Gasteiger partial charge in [0.2, 0.25) is 5.91 Å². The molecule has 5 nitrogen and oxygen atoms in total. The van der Waals surface area contributed by atoms with Crippen molar-refractivity contribution in [3.05, 3.63) is 64.7 Å². The molecule has 0 aromatic heterocycles. The average Bonchev–Trinajstić information content (AvgIpc) is 2.64. The largest absolute Gasteiger partial charge is 0.496 e. The minimum absolute atomic E-state index is 0.0431. The van der Waals surface area contributed by atoms with Crippen molar-refractivity contribution in [2.75, 3.05) is 20.2 Å². The summed E-state index contributed by atoms with van der Waals surface area (Å²) in [5.74, 6) is 0.116. The molecule has 0 heterocycles. The van der Waals surface area contributed by atoms with Gasteiger partial charge in [-0.05, 0) is 30.2 Å². The van der Waals surface area contributed by atoms with Gasteiger partial charge in [-0.1, -0.05) is 41.9 Å². The first-order valence-corrected chi connectivity index (χ1v) is 8.40. The molecule has 2 N–H and O–H groups in total. The first kappa shape index (κ1) is 18.8. The van der Waals surface area contributed by atoms with Crippen molar-refractivity contribution in [1.82, 2.24) is 10.6 Å². The first-order valence-electron chi connectivity index (χ1n) is 8.02. The lowest BCUT2D eigenvalue weighted by atomic mass is 10.1. The van der Waals surface area contributed by atoms with E-state index in [1.54, 1.807) is 18.2 Å². The Morgan fingerprint density at radius 3 is 2.48 bits per heavy atom. The molecule has 0 bridgehead atoms. The van der Waals surface area contributed by atoms with Gasteiger partial charge in [-0.15, -0.1) is 0 Å². The molecule has 132 valence electrons. The minimum Gasteiger partial charge on any atom is -0.496 e. The second-order valence-electron chi connectivity index (χ2n) is 5.44. The molecule has 0 unspecified atom stereocenters. The van der Waals surface area contributed by atoms with Crippen LogP contribution in [-0.4, -0.2) is 32.0 Å². The highest BCUT2D eigenvalue weighted by Gasteiger charge is 2.12. The Bertz CT molecular complexity index is 720. The normalized spacial score (nSPS) is 10.2. The summed E-state index contributed by atoms with van der Waals surface area (Å²) in [7, 11) is 1.49. The van der Waals surface area contributed by atoms with Crippen LogP contribution in [0.4, 0.5) is 0 Å². The minimum atomic E-state index is -0.294. The number of amides is 2. The van der Waals surface area contributed by atoms with Gasteiger partial charge in [0.1, 0.15) is 5.75 Å². The molecule has 0 atom stereocenters. The van der Waals surface area contributed by atoms with Crippen LogP contribution in [0.5, 0.6) is 5.75 Å². The number of hydrogen-bond donors (Lipinski definition) is 2. The summed E-state index contributed by atoms with van der Waals surface area (Å²) in [6, 6.07) is 14.7. The standard InChI is InChI=1S/C19H21ClN2O3/c1-25-17-9-8-15(20)13-16(17)19(24)22-12-11-21-18(23)10-7-14-5-3-2-4-6-14/h2-6,8-9,13H,7,10-12H2,1H3,(H,21,23)(H,22,24). The van der Waals surface area contributed by atoms with Crippen molar-refractivity contribution in [1.29, 1.82) is 0 Å². The quantitative estimate of drug-likeness (QED) is 0.711. The number of rotatable bonds is 8. The smallest absolute Gasteiger partial charge is 0.255 e. The highest BCUT2D eigenvalue weighted by Crippen LogP contribution is 2.22. The van der Waals surface area contributed by atoms with E-state index >= 15 is 0 Å². The maximum Gasteiger partial charge on any atom is 0.255 e. The summed E-state index contributed by atoms with van der Waals surface area (Å²) in [6.07, 6.45) is 1.11. The molecule has 2 aromatic rings. The van der Waals surface area contributed by atoms with Gasteiger partial charge in [-0.3, -0.25) is 9.59 Å². The van der Waals surface area contributed by atoms with Crippen molar-refractivity contribution in [3.63, 3.8) is 0 Å². The van der Waals surface area contributed by atoms with Gasteiger partial charge in [0.05, 0.1) is 12.7 Å². The third kappa shape index (κ3) is 6.12. The molecule has 0 radical (unpaired) electrons. The zero-order chi connectivity index (χ0) is 18.1. The maximum absolute atomic E-state index is 12.2. The van der Waals surface area contributed by atoms with E-state index in [9.17, 15) is 9.59 Å². The molecule has 0 saturated carbocycles. The van der Waals surface area contributed by atoms with Gasteiger partial charge in [0, 0.05) is 24.5 Å². The lowest BCUT2D eigenvalue weighted by molar-refractivity contribution is -0.121. The lowest BCUT2D eigenvalue weighted by Crippen LogP contribution is -2.34. The first-order chi connectivity index (χ1) is 12.1. The summed E-state index contributed by atoms with van der Waals surface area (Å²) >= 11 is 5.91. The number of carbonyl (C=O) groups is 2. The van der Waals surface area contributed by atoms with Crippen molar-refractivity contribution in [2.45, 2.75) is 12.8 Å². The molecule has 0 aliphatic carbocycles. The highest BCUT2D eigenvalue weighted by molar-refractivity contribution is 6.31. The summed E-state index contributed by atoms with van der Waals surface area (Å²) in [6.45, 7) is 0.688. The van der Waals surface area contributed by atoms with Crippen LogP contribution in [0.3, 0.4) is 0 Å². The lowest BCUT2D eigenvalue weighted by Gasteiger charge is -2.10. The van der Waals surface area contributed by atoms with Gasteiger partial charge in [-0.2, -0.15) is 0 Å². The molecule has 0 spiro atoms. The topological polar surface area (TPSA) is 67.4 Å². The number of hydrogen-bond acceptors (Lipinski definition) is 3. The maximum atomic E-state index is 12.2. The second kappa shape index (κ2) is 9.69. The fourth-order valence-electron chi connectivity index (χ4n) is 2.32. The van der Waals surface area contributed by atoms with Gasteiger partial charge >= 0.3 is 0 Å². The predicted octanol–water partition coefficient (Wildman–Crippen LogP) is 2.83. The Labute approximate surface area is 152 Å². The van der Waals surface area contributed by atoms with E-state index in [1.807, 2.05) is 30.3 Å². The third-order valence-electron chi connectivity index (χ3n) is 3.62. The Kier molecular flexibility index (Phi) is 7.29. The van der Waals surface area contributed by atoms with E-state index < -0.39 is 0 Å². The van der Waals surface area contributed by atoms with Crippen LogP contribution in [0, 0.1) is 0 Å². The number of benzene rings is 2. The number of halogens is 1. The van der Waals surface area contributed by atoms with Crippen LogP contribution in [0.25, 0.3) is 0 Å². The molecule has 0 fully saturated rings. The van der Waals surface area contributed by atoms with Crippen molar-refractivity contribution in [2.24, 2.45) is 0 Å². The van der Waals surface area contributed by atoms with Gasteiger partial charge in [-0.25, -0.2) is 0 Å². The molecule has 2 rings (SSSR count). The van der Waals surface area contributed by atoms with Crippen molar-refractivity contribution in [3.8, 4) is 5.75 Å². The van der Waals surface area contributed by atoms with E-state index in [2.05, 4.69) is 10.6 Å². The number of nitrogens with one attached hydrogen (secondary N) is 2. The van der Waals surface area contributed by atoms with Crippen LogP contribution in [0.15, 0.2) is 48.5 Å². The Hall–Kier alpha value is -2.53. The van der Waals surface area contributed by atoms with Crippen molar-refractivity contribution >= 4 is 23.4 Å². The number of carbonyl (C=O) groups excluding carboxylic acids is 2. The molecule has 25 heavy (non-hydrogen) atoms. The predicted molar refractivity (Wildman–Crippen MR) is 98.1 cm³/mol. The Morgan fingerprint density at radius 2 is 1.76 bits per heavy atom. The van der Waals surface area contributed by atoms with E-state index in [-0.39, 0.29) is 11.8 Å². The number of ether oxygens (including phenoxy) is 1. The van der Waals surface area contributed by atoms with Gasteiger partial charge < -0.3 is 15.4 Å². The van der Waals surface area contributed by atoms with Crippen LogP contribution in [-0.2, 0) is 11.2 Å². The molecule has 0 aliphatic rings. The van der Waals surface area contributed by atoms with Gasteiger partial charge in [0.25, 0.3) is 5.91 Å². The van der Waals surface area contributed by atoms with E-state index in [0.29, 0.717) is 42.3 Å². The summed E-state index contributed by atoms with van der Waals surface area (Å²) in [4.78, 5) is 24.0. The number of methoxy groups -OCH3 is 1. The molecule has 0 aliphatic heterocycles. The van der Waals surface area contributed by atoms with Crippen molar-refractivity contribution < 1.29 is 14.3 Å². The molecule has 2 aromatic carbocycles. The molecule has 2 amide bonds. The summed E-state index contributed by atoms with van der Waals surface area (Å²) in [5.41, 5.74) is 1.49. The van der Waals surface area contributed by atoms with E-state index in [1.165, 1.54) is 7.11 Å². The van der Waals surface area contributed by atoms with Crippen LogP contribution < -0.4 is 15.4 Å². The second-order valence-corrected chi connectivity index (χ2v) is 5.87. The zero-order valence-electron chi connectivity index (χ0n) is 14.0. The average molecular weight is 361 g/mol.